The van der Waals surface area contributed by atoms with Crippen LogP contribution in [0.1, 0.15) is 11.1 Å². The highest BCUT2D eigenvalue weighted by Gasteiger charge is 2.17. The van der Waals surface area contributed by atoms with Crippen molar-refractivity contribution >= 4 is 34.9 Å². The van der Waals surface area contributed by atoms with Crippen molar-refractivity contribution in [3.05, 3.63) is 53.3 Å². The van der Waals surface area contributed by atoms with E-state index >= 15 is 0 Å². The lowest BCUT2D eigenvalue weighted by Crippen LogP contribution is -2.45. The molecule has 0 atom stereocenters. The van der Waals surface area contributed by atoms with Crippen LogP contribution in [0.3, 0.4) is 0 Å². The lowest BCUT2D eigenvalue weighted by molar-refractivity contribution is -0.118. The summed E-state index contributed by atoms with van der Waals surface area (Å²) in [7, 11) is 0. The Bertz CT molecular complexity index is 1050. The number of aliphatic imine (C=N–C) groups is 1. The van der Waals surface area contributed by atoms with Crippen LogP contribution in [0.25, 0.3) is 10.9 Å². The maximum atomic E-state index is 13.5. The summed E-state index contributed by atoms with van der Waals surface area (Å²) >= 11 is 0. The number of halogens is 1. The van der Waals surface area contributed by atoms with Gasteiger partial charge >= 0.3 is 0 Å². The monoisotopic (exact) mass is 380 g/mol. The third-order valence-electron chi connectivity index (χ3n) is 5.11. The summed E-state index contributed by atoms with van der Waals surface area (Å²) in [5.74, 6) is -0.401. The number of aromatic amines is 1. The van der Waals surface area contributed by atoms with Gasteiger partial charge in [-0.05, 0) is 48.9 Å². The van der Waals surface area contributed by atoms with Gasteiger partial charge in [0.2, 0.25) is 6.41 Å². The molecule has 0 aliphatic carbocycles. The summed E-state index contributed by atoms with van der Waals surface area (Å²) in [4.78, 5) is 22.2. The standard InChI is InChI=1S/C21H21FN4O2/c1-14-10-16(3-5-20(14)26-8-6-25(13-27)7-9-26)23-12-18-17-11-15(22)2-4-19(17)24-21(18)28/h2-5,10-13,24,28H,6-9H2,1H3. The SMILES string of the molecule is Cc1cc(N=Cc2c(O)[nH]c3ccc(F)cc23)ccc1N1CCN(C=O)CC1. The van der Waals surface area contributed by atoms with Gasteiger partial charge in [-0.3, -0.25) is 9.79 Å². The minimum Gasteiger partial charge on any atom is -0.494 e. The van der Waals surface area contributed by atoms with E-state index in [0.717, 1.165) is 49.5 Å². The normalized spacial score (nSPS) is 14.9. The topological polar surface area (TPSA) is 71.9 Å². The van der Waals surface area contributed by atoms with E-state index in [1.54, 1.807) is 17.2 Å². The lowest BCUT2D eigenvalue weighted by Gasteiger charge is -2.35. The summed E-state index contributed by atoms with van der Waals surface area (Å²) in [5, 5.41) is 10.7. The summed E-state index contributed by atoms with van der Waals surface area (Å²) in [6, 6.07) is 10.2. The number of nitrogens with one attached hydrogen (secondary N) is 1. The highest BCUT2D eigenvalue weighted by atomic mass is 19.1. The van der Waals surface area contributed by atoms with E-state index in [4.69, 9.17) is 0 Å². The van der Waals surface area contributed by atoms with Crippen molar-refractivity contribution in [1.29, 1.82) is 0 Å². The molecule has 1 aliphatic heterocycles. The van der Waals surface area contributed by atoms with Gasteiger partial charge in [-0.15, -0.1) is 0 Å². The van der Waals surface area contributed by atoms with Crippen molar-refractivity contribution in [3.63, 3.8) is 0 Å². The predicted molar refractivity (Wildman–Crippen MR) is 108 cm³/mol. The molecular formula is C21H21FN4O2. The molecule has 2 N–H and O–H groups in total. The molecule has 1 fully saturated rings. The number of fused-ring (bicyclic) bond motifs is 1. The second kappa shape index (κ2) is 7.34. The first-order valence-corrected chi connectivity index (χ1v) is 9.14. The zero-order chi connectivity index (χ0) is 19.7. The van der Waals surface area contributed by atoms with Gasteiger partial charge in [0, 0.05) is 49.0 Å². The van der Waals surface area contributed by atoms with E-state index in [-0.39, 0.29) is 11.7 Å². The van der Waals surface area contributed by atoms with Crippen molar-refractivity contribution in [2.24, 2.45) is 4.99 Å². The molecule has 28 heavy (non-hydrogen) atoms. The molecule has 1 saturated heterocycles. The molecule has 2 heterocycles. The van der Waals surface area contributed by atoms with Crippen LogP contribution in [0, 0.1) is 12.7 Å². The van der Waals surface area contributed by atoms with Gasteiger partial charge in [-0.2, -0.15) is 0 Å². The summed E-state index contributed by atoms with van der Waals surface area (Å²) in [6.07, 6.45) is 2.44. The summed E-state index contributed by atoms with van der Waals surface area (Å²) < 4.78 is 13.5. The maximum Gasteiger partial charge on any atom is 0.209 e. The van der Waals surface area contributed by atoms with Crippen LogP contribution < -0.4 is 4.90 Å². The molecule has 7 heteroatoms. The van der Waals surface area contributed by atoms with Crippen LogP contribution in [0.4, 0.5) is 15.8 Å². The second-order valence-corrected chi connectivity index (χ2v) is 6.93. The van der Waals surface area contributed by atoms with Crippen molar-refractivity contribution in [2.45, 2.75) is 6.92 Å². The Kier molecular flexibility index (Phi) is 4.73. The van der Waals surface area contributed by atoms with Crippen LogP contribution in [0.5, 0.6) is 5.88 Å². The molecule has 3 aromatic rings. The van der Waals surface area contributed by atoms with Gasteiger partial charge in [-0.25, -0.2) is 4.39 Å². The molecule has 2 aromatic carbocycles. The Morgan fingerprint density at radius 1 is 1.14 bits per heavy atom. The number of piperazine rings is 1. The number of benzene rings is 2. The molecule has 0 radical (unpaired) electrons. The van der Waals surface area contributed by atoms with Crippen molar-refractivity contribution in [3.8, 4) is 5.88 Å². The average Bonchev–Trinajstić information content (AvgIpc) is 3.01. The molecule has 6 nitrogen and oxygen atoms in total. The number of H-pyrrole nitrogens is 1. The number of hydrogen-bond donors (Lipinski definition) is 2. The Morgan fingerprint density at radius 2 is 1.93 bits per heavy atom. The average molecular weight is 380 g/mol. The summed E-state index contributed by atoms with van der Waals surface area (Å²) in [6.45, 7) is 5.07. The Morgan fingerprint density at radius 3 is 2.64 bits per heavy atom. The Labute approximate surface area is 161 Å². The third-order valence-corrected chi connectivity index (χ3v) is 5.11. The van der Waals surface area contributed by atoms with Crippen LogP contribution in [0.2, 0.25) is 0 Å². The van der Waals surface area contributed by atoms with Gasteiger partial charge in [0.15, 0.2) is 5.88 Å². The maximum absolute atomic E-state index is 13.5. The number of aromatic hydroxyl groups is 1. The fraction of sp³-hybridized carbons (Fsp3) is 0.238. The number of carbonyl (C=O) groups is 1. The molecule has 4 rings (SSSR count). The van der Waals surface area contributed by atoms with Crippen molar-refractivity contribution in [2.75, 3.05) is 31.1 Å². The molecule has 144 valence electrons. The van der Waals surface area contributed by atoms with E-state index in [9.17, 15) is 14.3 Å². The summed E-state index contributed by atoms with van der Waals surface area (Å²) in [5.41, 5.74) is 4.07. The van der Waals surface area contributed by atoms with E-state index in [0.29, 0.717) is 16.5 Å². The molecule has 1 amide bonds. The van der Waals surface area contributed by atoms with Gasteiger partial charge in [-0.1, -0.05) is 0 Å². The van der Waals surface area contributed by atoms with Crippen molar-refractivity contribution in [1.82, 2.24) is 9.88 Å². The predicted octanol–water partition coefficient (Wildman–Crippen LogP) is 3.35. The van der Waals surface area contributed by atoms with E-state index in [1.165, 1.54) is 12.1 Å². The highest BCUT2D eigenvalue weighted by Crippen LogP contribution is 2.29. The first-order chi connectivity index (χ1) is 13.5. The van der Waals surface area contributed by atoms with E-state index < -0.39 is 0 Å². The number of anilines is 1. The second-order valence-electron chi connectivity index (χ2n) is 6.93. The largest absolute Gasteiger partial charge is 0.494 e. The van der Waals surface area contributed by atoms with Crippen molar-refractivity contribution < 1.29 is 14.3 Å². The van der Waals surface area contributed by atoms with E-state index in [2.05, 4.69) is 14.9 Å². The fourth-order valence-electron chi connectivity index (χ4n) is 3.58. The number of amides is 1. The number of hydrogen-bond acceptors (Lipinski definition) is 4. The van der Waals surface area contributed by atoms with Crippen LogP contribution in [0.15, 0.2) is 41.4 Å². The minimum absolute atomic E-state index is 0.0364. The van der Waals surface area contributed by atoms with Gasteiger partial charge in [0.05, 0.1) is 11.3 Å². The zero-order valence-electron chi connectivity index (χ0n) is 15.5. The van der Waals surface area contributed by atoms with E-state index in [1.807, 2.05) is 25.1 Å². The Hall–Kier alpha value is -3.35. The van der Waals surface area contributed by atoms with Crippen LogP contribution in [-0.4, -0.2) is 53.8 Å². The number of nitrogens with zero attached hydrogens (tertiary/aromatic N) is 3. The lowest BCUT2D eigenvalue weighted by atomic mass is 10.1. The highest BCUT2D eigenvalue weighted by molar-refractivity contribution is 6.02. The molecule has 1 aromatic heterocycles. The zero-order valence-corrected chi connectivity index (χ0v) is 15.5. The molecular weight excluding hydrogens is 359 g/mol. The molecule has 1 aliphatic rings. The van der Waals surface area contributed by atoms with Gasteiger partial charge < -0.3 is 19.9 Å². The molecule has 0 bridgehead atoms. The number of aryl methyl sites for hydroxylation is 1. The van der Waals surface area contributed by atoms with Gasteiger partial charge in [0.25, 0.3) is 0 Å². The van der Waals surface area contributed by atoms with Crippen LogP contribution in [-0.2, 0) is 4.79 Å². The fourth-order valence-corrected chi connectivity index (χ4v) is 3.58. The first-order valence-electron chi connectivity index (χ1n) is 9.14. The van der Waals surface area contributed by atoms with Crippen LogP contribution >= 0.6 is 0 Å². The van der Waals surface area contributed by atoms with Gasteiger partial charge in [0.1, 0.15) is 5.82 Å². The Balaban J connectivity index is 1.56. The number of rotatable bonds is 4. The molecule has 0 spiro atoms. The first kappa shape index (κ1) is 18.0. The third kappa shape index (κ3) is 3.43. The molecule has 0 saturated carbocycles. The molecule has 0 unspecified atom stereocenters. The quantitative estimate of drug-likeness (QED) is 0.539. The number of aromatic nitrogens is 1. The smallest absolute Gasteiger partial charge is 0.209 e. The number of carbonyl (C=O) groups excluding carboxylic acids is 1. The minimum atomic E-state index is -0.365.